The van der Waals surface area contributed by atoms with Gasteiger partial charge in [-0.15, -0.1) is 0 Å². The Morgan fingerprint density at radius 3 is 2.58 bits per heavy atom. The Hall–Kier alpha value is -1.71. The maximum Gasteiger partial charge on any atom is 0.181 e. The normalized spacial score (nSPS) is 10.1. The third-order valence-corrected chi connectivity index (χ3v) is 1.54. The van der Waals surface area contributed by atoms with E-state index in [4.69, 9.17) is 0 Å². The summed E-state index contributed by atoms with van der Waals surface area (Å²) < 4.78 is 0. The van der Waals surface area contributed by atoms with Crippen molar-refractivity contribution < 1.29 is 0 Å². The Kier molecular flexibility index (Phi) is 1.59. The number of aryl methyl sites for hydroxylation is 1. The molecule has 0 radical (unpaired) electrons. The minimum Gasteiger partial charge on any atom is -0.265 e. The topological polar surface area (TPSA) is 54.5 Å². The van der Waals surface area contributed by atoms with E-state index in [1.807, 2.05) is 19.1 Å². The standard InChI is InChI=1S/C8H8N4/c1-6-10-8(12-11-6)7-2-4-9-5-3-7/h2-5H,1H3,(H,10,11,12). The van der Waals surface area contributed by atoms with Crippen molar-refractivity contribution in [2.45, 2.75) is 6.92 Å². The number of H-pyrrole nitrogens is 1. The maximum absolute atomic E-state index is 4.19. The molecule has 0 aliphatic heterocycles. The molecule has 0 aromatic carbocycles. The van der Waals surface area contributed by atoms with Crippen molar-refractivity contribution in [1.29, 1.82) is 0 Å². The summed E-state index contributed by atoms with van der Waals surface area (Å²) in [5, 5.41) is 6.81. The zero-order valence-electron chi connectivity index (χ0n) is 6.65. The van der Waals surface area contributed by atoms with E-state index < -0.39 is 0 Å². The van der Waals surface area contributed by atoms with Gasteiger partial charge in [0.15, 0.2) is 5.82 Å². The van der Waals surface area contributed by atoms with Gasteiger partial charge < -0.3 is 0 Å². The molecule has 0 saturated carbocycles. The molecule has 0 bridgehead atoms. The predicted molar refractivity (Wildman–Crippen MR) is 44.4 cm³/mol. The van der Waals surface area contributed by atoms with Crippen LogP contribution in [0.4, 0.5) is 0 Å². The first-order valence-electron chi connectivity index (χ1n) is 3.65. The van der Waals surface area contributed by atoms with E-state index in [9.17, 15) is 0 Å². The number of rotatable bonds is 1. The predicted octanol–water partition coefficient (Wildman–Crippen LogP) is 1.18. The molecule has 0 unspecified atom stereocenters. The van der Waals surface area contributed by atoms with Crippen LogP contribution in [0.15, 0.2) is 24.5 Å². The lowest BCUT2D eigenvalue weighted by Crippen LogP contribution is -1.80. The average molecular weight is 160 g/mol. The average Bonchev–Trinajstić information content (AvgIpc) is 2.54. The molecule has 2 rings (SSSR count). The van der Waals surface area contributed by atoms with Crippen molar-refractivity contribution in [2.75, 3.05) is 0 Å². The first-order valence-corrected chi connectivity index (χ1v) is 3.65. The third kappa shape index (κ3) is 1.18. The minimum absolute atomic E-state index is 0.718. The molecule has 0 spiro atoms. The lowest BCUT2D eigenvalue weighted by atomic mass is 10.3. The van der Waals surface area contributed by atoms with E-state index in [-0.39, 0.29) is 0 Å². The first-order chi connectivity index (χ1) is 5.86. The lowest BCUT2D eigenvalue weighted by Gasteiger charge is -1.90. The highest BCUT2D eigenvalue weighted by atomic mass is 15.2. The monoisotopic (exact) mass is 160 g/mol. The van der Waals surface area contributed by atoms with Gasteiger partial charge in [-0.25, -0.2) is 4.98 Å². The smallest absolute Gasteiger partial charge is 0.181 e. The van der Waals surface area contributed by atoms with Gasteiger partial charge in [0.05, 0.1) is 0 Å². The quantitative estimate of drug-likeness (QED) is 0.681. The summed E-state index contributed by atoms with van der Waals surface area (Å²) in [5.41, 5.74) is 0.981. The second-order valence-corrected chi connectivity index (χ2v) is 2.48. The second kappa shape index (κ2) is 2.73. The molecule has 60 valence electrons. The van der Waals surface area contributed by atoms with Crippen LogP contribution in [0.25, 0.3) is 11.4 Å². The molecule has 0 saturated heterocycles. The van der Waals surface area contributed by atoms with Crippen LogP contribution in [-0.4, -0.2) is 20.2 Å². The maximum atomic E-state index is 4.19. The van der Waals surface area contributed by atoms with Gasteiger partial charge in [-0.05, 0) is 19.1 Å². The van der Waals surface area contributed by atoms with Crippen LogP contribution in [0.5, 0.6) is 0 Å². The van der Waals surface area contributed by atoms with E-state index >= 15 is 0 Å². The van der Waals surface area contributed by atoms with Crippen LogP contribution < -0.4 is 0 Å². The van der Waals surface area contributed by atoms with Crippen molar-refractivity contribution in [2.24, 2.45) is 0 Å². The number of nitrogens with zero attached hydrogens (tertiary/aromatic N) is 3. The SMILES string of the molecule is Cc1nc(-c2ccncc2)n[nH]1. The van der Waals surface area contributed by atoms with Gasteiger partial charge in [-0.3, -0.25) is 10.1 Å². The molecule has 2 heterocycles. The molecule has 0 aliphatic carbocycles. The highest BCUT2D eigenvalue weighted by Gasteiger charge is 2.00. The molecule has 2 aromatic heterocycles. The van der Waals surface area contributed by atoms with Crippen LogP contribution in [0.1, 0.15) is 5.82 Å². The third-order valence-electron chi connectivity index (χ3n) is 1.54. The van der Waals surface area contributed by atoms with E-state index in [0.29, 0.717) is 0 Å². The van der Waals surface area contributed by atoms with Crippen molar-refractivity contribution >= 4 is 0 Å². The lowest BCUT2D eigenvalue weighted by molar-refractivity contribution is 1.04. The summed E-state index contributed by atoms with van der Waals surface area (Å²) in [6.07, 6.45) is 3.45. The molecule has 1 N–H and O–H groups in total. The van der Waals surface area contributed by atoms with Crippen LogP contribution in [-0.2, 0) is 0 Å². The largest absolute Gasteiger partial charge is 0.265 e. The molecule has 0 amide bonds. The van der Waals surface area contributed by atoms with Crippen LogP contribution in [0.3, 0.4) is 0 Å². The van der Waals surface area contributed by atoms with Crippen molar-refractivity contribution in [3.05, 3.63) is 30.4 Å². The number of aromatic nitrogens is 4. The first kappa shape index (κ1) is 6.97. The molecule has 0 fully saturated rings. The van der Waals surface area contributed by atoms with Crippen molar-refractivity contribution in [3.63, 3.8) is 0 Å². The van der Waals surface area contributed by atoms with Gasteiger partial charge in [0.25, 0.3) is 0 Å². The minimum atomic E-state index is 0.718. The number of hydrogen-bond donors (Lipinski definition) is 1. The molecule has 0 atom stereocenters. The van der Waals surface area contributed by atoms with Crippen LogP contribution in [0.2, 0.25) is 0 Å². The molecule has 2 aromatic rings. The van der Waals surface area contributed by atoms with Crippen LogP contribution in [0, 0.1) is 6.92 Å². The fraction of sp³-hybridized carbons (Fsp3) is 0.125. The van der Waals surface area contributed by atoms with Gasteiger partial charge in [-0.1, -0.05) is 0 Å². The summed E-state index contributed by atoms with van der Waals surface area (Å²) >= 11 is 0. The number of aromatic amines is 1. The Balaban J connectivity index is 2.45. The molecule has 0 aliphatic rings. The highest BCUT2D eigenvalue weighted by molar-refractivity contribution is 5.52. The summed E-state index contributed by atoms with van der Waals surface area (Å²) in [6.45, 7) is 1.87. The van der Waals surface area contributed by atoms with E-state index in [1.165, 1.54) is 0 Å². The number of nitrogens with one attached hydrogen (secondary N) is 1. The summed E-state index contributed by atoms with van der Waals surface area (Å²) in [7, 11) is 0. The molecule has 4 heteroatoms. The van der Waals surface area contributed by atoms with E-state index in [2.05, 4.69) is 20.2 Å². The van der Waals surface area contributed by atoms with E-state index in [0.717, 1.165) is 17.2 Å². The second-order valence-electron chi connectivity index (χ2n) is 2.48. The van der Waals surface area contributed by atoms with Crippen molar-refractivity contribution in [1.82, 2.24) is 20.2 Å². The number of pyridine rings is 1. The van der Waals surface area contributed by atoms with Crippen molar-refractivity contribution in [3.8, 4) is 11.4 Å². The summed E-state index contributed by atoms with van der Waals surface area (Å²) in [5.74, 6) is 1.54. The number of hydrogen-bond acceptors (Lipinski definition) is 3. The zero-order valence-corrected chi connectivity index (χ0v) is 6.65. The molecule has 12 heavy (non-hydrogen) atoms. The molecular weight excluding hydrogens is 152 g/mol. The van der Waals surface area contributed by atoms with E-state index in [1.54, 1.807) is 12.4 Å². The zero-order chi connectivity index (χ0) is 8.39. The van der Waals surface area contributed by atoms with Crippen LogP contribution >= 0.6 is 0 Å². The van der Waals surface area contributed by atoms with Gasteiger partial charge in [-0.2, -0.15) is 5.10 Å². The molecular formula is C8H8N4. The highest BCUT2D eigenvalue weighted by Crippen LogP contribution is 2.11. The van der Waals surface area contributed by atoms with Gasteiger partial charge in [0, 0.05) is 18.0 Å². The van der Waals surface area contributed by atoms with Gasteiger partial charge in [0.1, 0.15) is 5.82 Å². The Morgan fingerprint density at radius 1 is 1.25 bits per heavy atom. The van der Waals surface area contributed by atoms with Gasteiger partial charge in [0.2, 0.25) is 0 Å². The summed E-state index contributed by atoms with van der Waals surface area (Å²) in [4.78, 5) is 8.10. The fourth-order valence-corrected chi connectivity index (χ4v) is 0.973. The Morgan fingerprint density at radius 2 is 2.00 bits per heavy atom. The van der Waals surface area contributed by atoms with Gasteiger partial charge >= 0.3 is 0 Å². The Labute approximate surface area is 69.7 Å². The Bertz CT molecular complexity index is 366. The summed E-state index contributed by atoms with van der Waals surface area (Å²) in [6, 6.07) is 3.76. The molecule has 4 nitrogen and oxygen atoms in total. The fourth-order valence-electron chi connectivity index (χ4n) is 0.973.